The van der Waals surface area contributed by atoms with Gasteiger partial charge >= 0.3 is 0 Å². The molecule has 1 aliphatic heterocycles. The largest absolute Gasteiger partial charge is 0.497 e. The van der Waals surface area contributed by atoms with Crippen molar-refractivity contribution < 1.29 is 19.1 Å². The van der Waals surface area contributed by atoms with Gasteiger partial charge in [0.25, 0.3) is 5.91 Å². The number of ether oxygens (including phenoxy) is 1. The Hall–Kier alpha value is -3.22. The first kappa shape index (κ1) is 21.0. The molecule has 0 spiro atoms. The van der Waals surface area contributed by atoms with Crippen molar-refractivity contribution in [2.75, 3.05) is 12.0 Å². The minimum Gasteiger partial charge on any atom is -0.497 e. The van der Waals surface area contributed by atoms with Gasteiger partial charge in [0.2, 0.25) is 11.8 Å². The Morgan fingerprint density at radius 3 is 2.52 bits per heavy atom. The molecule has 0 radical (unpaired) electrons. The fourth-order valence-electron chi connectivity index (χ4n) is 4.48. The molecule has 1 unspecified atom stereocenters. The second kappa shape index (κ2) is 9.29. The van der Waals surface area contributed by atoms with Gasteiger partial charge in [-0.15, -0.1) is 0 Å². The molecule has 1 atom stereocenters. The Morgan fingerprint density at radius 2 is 1.87 bits per heavy atom. The lowest BCUT2D eigenvalue weighted by Gasteiger charge is -2.32. The topological polar surface area (TPSA) is 79.8 Å². The maximum Gasteiger partial charge on any atom is 0.257 e. The van der Waals surface area contributed by atoms with Crippen LogP contribution in [0.1, 0.15) is 44.1 Å². The van der Waals surface area contributed by atoms with Crippen LogP contribution in [0.25, 0.3) is 0 Å². The van der Waals surface area contributed by atoms with E-state index >= 15 is 0 Å². The van der Waals surface area contributed by atoms with Gasteiger partial charge in [0, 0.05) is 24.9 Å². The van der Waals surface area contributed by atoms with Crippen LogP contribution in [0.15, 0.2) is 48.8 Å². The molecule has 1 saturated heterocycles. The SMILES string of the molecule is COc1ccc(N2C(=O)CC(N(Cc3cccnc3)C(=O)C3CCCCC3)C2=O)cc1. The third-order valence-electron chi connectivity index (χ3n) is 6.14. The normalized spacial score (nSPS) is 19.5. The Kier molecular flexibility index (Phi) is 6.30. The van der Waals surface area contributed by atoms with Crippen molar-refractivity contribution in [3.8, 4) is 5.75 Å². The summed E-state index contributed by atoms with van der Waals surface area (Å²) in [6, 6.07) is 9.69. The number of anilines is 1. The predicted molar refractivity (Wildman–Crippen MR) is 115 cm³/mol. The number of hydrogen-bond acceptors (Lipinski definition) is 5. The van der Waals surface area contributed by atoms with Gasteiger partial charge in [0.05, 0.1) is 19.2 Å². The lowest BCUT2D eigenvalue weighted by Crippen LogP contribution is -2.47. The van der Waals surface area contributed by atoms with Crippen molar-refractivity contribution >= 4 is 23.4 Å². The highest BCUT2D eigenvalue weighted by molar-refractivity contribution is 6.23. The number of imide groups is 1. The zero-order valence-corrected chi connectivity index (χ0v) is 17.7. The molecule has 1 aliphatic carbocycles. The maximum absolute atomic E-state index is 13.5. The average Bonchev–Trinajstić information content (AvgIpc) is 3.12. The molecule has 2 fully saturated rings. The van der Waals surface area contributed by atoms with Gasteiger partial charge in [-0.25, -0.2) is 4.90 Å². The third kappa shape index (κ3) is 4.45. The average molecular weight is 421 g/mol. The highest BCUT2D eigenvalue weighted by Gasteiger charge is 2.45. The number of aromatic nitrogens is 1. The minimum atomic E-state index is -0.802. The van der Waals surface area contributed by atoms with Crippen LogP contribution >= 0.6 is 0 Å². The standard InChI is InChI=1S/C24H27N3O4/c1-31-20-11-9-19(10-12-20)27-22(28)14-21(24(27)30)26(16-17-6-5-13-25-15-17)23(29)18-7-3-2-4-8-18/h5-6,9-13,15,18,21H,2-4,7-8,14,16H2,1H3. The summed E-state index contributed by atoms with van der Waals surface area (Å²) in [5.41, 5.74) is 1.33. The van der Waals surface area contributed by atoms with Gasteiger partial charge in [0.1, 0.15) is 11.8 Å². The van der Waals surface area contributed by atoms with E-state index in [-0.39, 0.29) is 36.6 Å². The Morgan fingerprint density at radius 1 is 1.13 bits per heavy atom. The van der Waals surface area contributed by atoms with Crippen molar-refractivity contribution in [1.82, 2.24) is 9.88 Å². The molecule has 1 aromatic carbocycles. The number of hydrogen-bond donors (Lipinski definition) is 0. The van der Waals surface area contributed by atoms with E-state index in [0.29, 0.717) is 11.4 Å². The number of rotatable bonds is 6. The van der Waals surface area contributed by atoms with Crippen molar-refractivity contribution in [2.45, 2.75) is 51.1 Å². The first-order valence-electron chi connectivity index (χ1n) is 10.8. The van der Waals surface area contributed by atoms with Crippen LogP contribution in [0.4, 0.5) is 5.69 Å². The summed E-state index contributed by atoms with van der Waals surface area (Å²) in [7, 11) is 1.56. The number of nitrogens with zero attached hydrogens (tertiary/aromatic N) is 3. The van der Waals surface area contributed by atoms with E-state index < -0.39 is 6.04 Å². The number of carbonyl (C=O) groups excluding carboxylic acids is 3. The van der Waals surface area contributed by atoms with E-state index in [1.807, 2.05) is 12.1 Å². The van der Waals surface area contributed by atoms with Gasteiger partial charge in [-0.3, -0.25) is 19.4 Å². The summed E-state index contributed by atoms with van der Waals surface area (Å²) in [5.74, 6) is -0.143. The summed E-state index contributed by atoms with van der Waals surface area (Å²) < 4.78 is 5.16. The number of methoxy groups -OCH3 is 1. The first-order valence-corrected chi connectivity index (χ1v) is 10.8. The van der Waals surface area contributed by atoms with Gasteiger partial charge in [-0.1, -0.05) is 25.3 Å². The molecule has 7 heteroatoms. The molecule has 2 aliphatic rings. The number of benzene rings is 1. The van der Waals surface area contributed by atoms with Crippen LogP contribution in [-0.2, 0) is 20.9 Å². The molecule has 31 heavy (non-hydrogen) atoms. The summed E-state index contributed by atoms with van der Waals surface area (Å²) >= 11 is 0. The van der Waals surface area contributed by atoms with Crippen LogP contribution < -0.4 is 9.64 Å². The Balaban J connectivity index is 1.61. The van der Waals surface area contributed by atoms with E-state index in [4.69, 9.17) is 4.74 Å². The van der Waals surface area contributed by atoms with E-state index in [1.54, 1.807) is 48.7 Å². The van der Waals surface area contributed by atoms with E-state index in [0.717, 1.165) is 37.7 Å². The molecule has 7 nitrogen and oxygen atoms in total. The highest BCUT2D eigenvalue weighted by Crippen LogP contribution is 2.31. The van der Waals surface area contributed by atoms with Crippen molar-refractivity contribution in [1.29, 1.82) is 0 Å². The van der Waals surface area contributed by atoms with Crippen molar-refractivity contribution in [2.24, 2.45) is 5.92 Å². The molecule has 3 amide bonds. The zero-order chi connectivity index (χ0) is 21.8. The molecule has 0 N–H and O–H groups in total. The second-order valence-corrected chi connectivity index (χ2v) is 8.15. The van der Waals surface area contributed by atoms with Crippen LogP contribution in [-0.4, -0.2) is 40.8 Å². The molecule has 162 valence electrons. The molecule has 4 rings (SSSR count). The predicted octanol–water partition coefficient (Wildman–Crippen LogP) is 3.33. The molecule has 2 heterocycles. The third-order valence-corrected chi connectivity index (χ3v) is 6.14. The Bertz CT molecular complexity index is 939. The maximum atomic E-state index is 13.5. The minimum absolute atomic E-state index is 0.0103. The molecule has 1 saturated carbocycles. The van der Waals surface area contributed by atoms with E-state index in [2.05, 4.69) is 4.98 Å². The van der Waals surface area contributed by atoms with Crippen LogP contribution in [0.3, 0.4) is 0 Å². The van der Waals surface area contributed by atoms with Gasteiger partial charge in [0.15, 0.2) is 0 Å². The fourth-order valence-corrected chi connectivity index (χ4v) is 4.48. The molecule has 1 aromatic heterocycles. The van der Waals surface area contributed by atoms with Crippen LogP contribution in [0, 0.1) is 5.92 Å². The monoisotopic (exact) mass is 421 g/mol. The van der Waals surface area contributed by atoms with Crippen molar-refractivity contribution in [3.05, 3.63) is 54.4 Å². The first-order chi connectivity index (χ1) is 15.1. The Labute approximate surface area is 182 Å². The van der Waals surface area contributed by atoms with Gasteiger partial charge in [-0.05, 0) is 48.7 Å². The van der Waals surface area contributed by atoms with Crippen molar-refractivity contribution in [3.63, 3.8) is 0 Å². The lowest BCUT2D eigenvalue weighted by atomic mass is 9.87. The number of carbonyl (C=O) groups is 3. The second-order valence-electron chi connectivity index (χ2n) is 8.15. The highest BCUT2D eigenvalue weighted by atomic mass is 16.5. The molecule has 2 aromatic rings. The summed E-state index contributed by atoms with van der Waals surface area (Å²) in [5, 5.41) is 0. The number of amides is 3. The van der Waals surface area contributed by atoms with Gasteiger partial charge in [-0.2, -0.15) is 0 Å². The van der Waals surface area contributed by atoms with E-state index in [1.165, 1.54) is 4.90 Å². The van der Waals surface area contributed by atoms with Crippen LogP contribution in [0.2, 0.25) is 0 Å². The molecule has 0 bridgehead atoms. The summed E-state index contributed by atoms with van der Waals surface area (Å²) in [6.45, 7) is 0.267. The van der Waals surface area contributed by atoms with Crippen LogP contribution in [0.5, 0.6) is 5.75 Å². The molecular formula is C24H27N3O4. The zero-order valence-electron chi connectivity index (χ0n) is 17.7. The quantitative estimate of drug-likeness (QED) is 0.669. The summed E-state index contributed by atoms with van der Waals surface area (Å²) in [4.78, 5) is 46.6. The smallest absolute Gasteiger partial charge is 0.257 e. The lowest BCUT2D eigenvalue weighted by molar-refractivity contribution is -0.143. The summed E-state index contributed by atoms with van der Waals surface area (Å²) in [6.07, 6.45) is 8.20. The molecular weight excluding hydrogens is 394 g/mol. The number of pyridine rings is 1. The van der Waals surface area contributed by atoms with E-state index in [9.17, 15) is 14.4 Å². The fraction of sp³-hybridized carbons (Fsp3) is 0.417. The van der Waals surface area contributed by atoms with Gasteiger partial charge < -0.3 is 9.64 Å².